The Morgan fingerprint density at radius 2 is 1.50 bits per heavy atom. The van der Waals surface area contributed by atoms with Crippen LogP contribution in [0.3, 0.4) is 0 Å². The number of carbonyl (C=O) groups is 1. The van der Waals surface area contributed by atoms with E-state index in [0.717, 1.165) is 21.0 Å². The van der Waals surface area contributed by atoms with Crippen molar-refractivity contribution in [1.82, 2.24) is 0 Å². The van der Waals surface area contributed by atoms with E-state index in [1.807, 2.05) is 47.4 Å². The number of para-hydroxylation sites is 1. The van der Waals surface area contributed by atoms with Crippen LogP contribution in [0.25, 0.3) is 0 Å². The van der Waals surface area contributed by atoms with Crippen molar-refractivity contribution in [3.63, 3.8) is 0 Å². The first-order chi connectivity index (χ1) is 9.48. The van der Waals surface area contributed by atoms with E-state index < -0.39 is 0 Å². The second-order valence-electron chi connectivity index (χ2n) is 5.88. The van der Waals surface area contributed by atoms with Gasteiger partial charge >= 0.3 is 0 Å². The third-order valence-corrected chi connectivity index (χ3v) is 4.46. The molecule has 1 heterocycles. The van der Waals surface area contributed by atoms with Crippen LogP contribution in [-0.2, 0) is 0 Å². The number of hydrogen-bond acceptors (Lipinski definition) is 2. The van der Waals surface area contributed by atoms with Crippen molar-refractivity contribution in [3.8, 4) is 0 Å². The highest BCUT2D eigenvalue weighted by Gasteiger charge is 2.34. The molecule has 0 saturated heterocycles. The van der Waals surface area contributed by atoms with Gasteiger partial charge in [0.05, 0.1) is 11.3 Å². The van der Waals surface area contributed by atoms with Gasteiger partial charge in [-0.3, -0.25) is 4.79 Å². The Kier molecular flexibility index (Phi) is 3.09. The molecule has 0 unspecified atom stereocenters. The summed E-state index contributed by atoms with van der Waals surface area (Å²) in [5.74, 6) is 0.0746. The molecule has 2 nitrogen and oxygen atoms in total. The molecule has 0 saturated carbocycles. The van der Waals surface area contributed by atoms with Crippen LogP contribution in [0.5, 0.6) is 0 Å². The second kappa shape index (κ2) is 4.67. The van der Waals surface area contributed by atoms with E-state index in [-0.39, 0.29) is 11.4 Å². The summed E-state index contributed by atoms with van der Waals surface area (Å²) < 4.78 is 0. The zero-order chi connectivity index (χ0) is 14.3. The summed E-state index contributed by atoms with van der Waals surface area (Å²) in [7, 11) is 0. The van der Waals surface area contributed by atoms with Crippen LogP contribution in [-0.4, -0.2) is 11.4 Å². The Hall–Kier alpha value is -1.74. The highest BCUT2D eigenvalue weighted by molar-refractivity contribution is 7.99. The quantitative estimate of drug-likeness (QED) is 0.704. The third-order valence-electron chi connectivity index (χ3n) is 3.32. The Morgan fingerprint density at radius 3 is 2.20 bits per heavy atom. The molecule has 3 rings (SSSR count). The van der Waals surface area contributed by atoms with Crippen molar-refractivity contribution < 1.29 is 4.79 Å². The number of hydrogen-bond donors (Lipinski definition) is 0. The van der Waals surface area contributed by atoms with Gasteiger partial charge in [-0.25, -0.2) is 0 Å². The van der Waals surface area contributed by atoms with Crippen molar-refractivity contribution in [2.75, 3.05) is 4.90 Å². The van der Waals surface area contributed by atoms with Gasteiger partial charge in [0.1, 0.15) is 0 Å². The zero-order valence-corrected chi connectivity index (χ0v) is 12.7. The molecule has 0 N–H and O–H groups in total. The van der Waals surface area contributed by atoms with Crippen molar-refractivity contribution in [3.05, 3.63) is 54.1 Å². The predicted octanol–water partition coefficient (Wildman–Crippen LogP) is 4.60. The van der Waals surface area contributed by atoms with E-state index in [2.05, 4.69) is 26.8 Å². The minimum Gasteiger partial charge on any atom is -0.302 e. The molecular formula is C17H17NOS. The first-order valence-corrected chi connectivity index (χ1v) is 7.50. The maximum atomic E-state index is 13.0. The van der Waals surface area contributed by atoms with Crippen molar-refractivity contribution in [1.29, 1.82) is 0 Å². The molecule has 0 fully saturated rings. The molecule has 1 aliphatic rings. The SMILES string of the molecule is CC(C)(C)N1C(=O)c2ccccc2Sc2ccccc21. The monoisotopic (exact) mass is 283 g/mol. The van der Waals surface area contributed by atoms with E-state index in [0.29, 0.717) is 0 Å². The molecule has 2 aromatic rings. The lowest BCUT2D eigenvalue weighted by atomic mass is 10.0. The molecule has 0 spiro atoms. The van der Waals surface area contributed by atoms with Gasteiger partial charge < -0.3 is 4.90 Å². The molecule has 0 aliphatic carbocycles. The fourth-order valence-corrected chi connectivity index (χ4v) is 3.53. The van der Waals surface area contributed by atoms with Gasteiger partial charge in [0.15, 0.2) is 0 Å². The van der Waals surface area contributed by atoms with Crippen LogP contribution >= 0.6 is 11.8 Å². The lowest BCUT2D eigenvalue weighted by molar-refractivity contribution is 0.0963. The molecule has 3 heteroatoms. The Bertz CT molecular complexity index is 673. The zero-order valence-electron chi connectivity index (χ0n) is 11.9. The van der Waals surface area contributed by atoms with E-state index in [1.54, 1.807) is 11.8 Å². The Balaban J connectivity index is 2.27. The summed E-state index contributed by atoms with van der Waals surface area (Å²) in [6, 6.07) is 15.9. The van der Waals surface area contributed by atoms with Crippen LogP contribution in [0.15, 0.2) is 58.3 Å². The lowest BCUT2D eigenvalue weighted by Gasteiger charge is -2.35. The van der Waals surface area contributed by atoms with E-state index in [1.165, 1.54) is 0 Å². The summed E-state index contributed by atoms with van der Waals surface area (Å²) in [4.78, 5) is 17.0. The minimum absolute atomic E-state index is 0.0746. The number of rotatable bonds is 0. The van der Waals surface area contributed by atoms with Gasteiger partial charge in [-0.1, -0.05) is 36.0 Å². The maximum absolute atomic E-state index is 13.0. The van der Waals surface area contributed by atoms with E-state index in [4.69, 9.17) is 0 Å². The first-order valence-electron chi connectivity index (χ1n) is 6.69. The second-order valence-corrected chi connectivity index (χ2v) is 6.96. The van der Waals surface area contributed by atoms with E-state index >= 15 is 0 Å². The molecule has 1 amide bonds. The molecule has 1 aliphatic heterocycles. The summed E-state index contributed by atoms with van der Waals surface area (Å²) in [6.07, 6.45) is 0. The lowest BCUT2D eigenvalue weighted by Crippen LogP contribution is -2.46. The van der Waals surface area contributed by atoms with Crippen LogP contribution in [0.4, 0.5) is 5.69 Å². The number of fused-ring (bicyclic) bond motifs is 2. The highest BCUT2D eigenvalue weighted by atomic mass is 32.2. The fraction of sp³-hybridized carbons (Fsp3) is 0.235. The fourth-order valence-electron chi connectivity index (χ4n) is 2.47. The van der Waals surface area contributed by atoms with Gasteiger partial charge in [-0.15, -0.1) is 0 Å². The smallest absolute Gasteiger partial charge is 0.259 e. The first kappa shape index (κ1) is 13.3. The van der Waals surface area contributed by atoms with Gasteiger partial charge in [0.25, 0.3) is 5.91 Å². The number of amides is 1. The molecular weight excluding hydrogens is 266 g/mol. The molecule has 102 valence electrons. The Morgan fingerprint density at radius 1 is 0.900 bits per heavy atom. The van der Waals surface area contributed by atoms with Crippen molar-refractivity contribution in [2.45, 2.75) is 36.1 Å². The molecule has 0 bridgehead atoms. The number of carbonyl (C=O) groups excluding carboxylic acids is 1. The molecule has 0 radical (unpaired) electrons. The topological polar surface area (TPSA) is 20.3 Å². The predicted molar refractivity (Wildman–Crippen MR) is 83.6 cm³/mol. The number of benzene rings is 2. The maximum Gasteiger partial charge on any atom is 0.259 e. The van der Waals surface area contributed by atoms with Gasteiger partial charge in [0, 0.05) is 15.3 Å². The standard InChI is InChI=1S/C17H17NOS/c1-17(2,3)18-13-9-5-7-11-15(13)20-14-10-6-4-8-12(14)16(18)19/h4-11H,1-3H3. The van der Waals surface area contributed by atoms with Crippen LogP contribution in [0, 0.1) is 0 Å². The van der Waals surface area contributed by atoms with Crippen LogP contribution in [0.1, 0.15) is 31.1 Å². The summed E-state index contributed by atoms with van der Waals surface area (Å²) >= 11 is 1.66. The van der Waals surface area contributed by atoms with E-state index in [9.17, 15) is 4.79 Å². The normalized spacial score (nSPS) is 14.6. The molecule has 0 atom stereocenters. The largest absolute Gasteiger partial charge is 0.302 e. The highest BCUT2D eigenvalue weighted by Crippen LogP contribution is 2.43. The molecule has 20 heavy (non-hydrogen) atoms. The Labute approximate surface area is 123 Å². The average Bonchev–Trinajstić information content (AvgIpc) is 2.52. The summed E-state index contributed by atoms with van der Waals surface area (Å²) in [6.45, 7) is 6.21. The number of anilines is 1. The average molecular weight is 283 g/mol. The van der Waals surface area contributed by atoms with Crippen molar-refractivity contribution >= 4 is 23.4 Å². The van der Waals surface area contributed by atoms with Crippen LogP contribution in [0.2, 0.25) is 0 Å². The van der Waals surface area contributed by atoms with Gasteiger partial charge in [0.2, 0.25) is 0 Å². The van der Waals surface area contributed by atoms with Crippen molar-refractivity contribution in [2.24, 2.45) is 0 Å². The molecule has 2 aromatic carbocycles. The number of nitrogens with zero attached hydrogens (tertiary/aromatic N) is 1. The summed E-state index contributed by atoms with van der Waals surface area (Å²) in [5.41, 5.74) is 1.51. The summed E-state index contributed by atoms with van der Waals surface area (Å²) in [5, 5.41) is 0. The minimum atomic E-state index is -0.259. The van der Waals surface area contributed by atoms with Gasteiger partial charge in [-0.2, -0.15) is 0 Å². The van der Waals surface area contributed by atoms with Crippen LogP contribution < -0.4 is 4.90 Å². The molecule has 0 aromatic heterocycles. The third kappa shape index (κ3) is 2.12. The van der Waals surface area contributed by atoms with Gasteiger partial charge in [-0.05, 0) is 45.0 Å².